The van der Waals surface area contributed by atoms with Crippen LogP contribution < -0.4 is 5.32 Å². The molecule has 3 heteroatoms. The fourth-order valence-electron chi connectivity index (χ4n) is 1.66. The number of aliphatic hydroxyl groups is 1. The van der Waals surface area contributed by atoms with Crippen molar-refractivity contribution in [2.24, 2.45) is 0 Å². The average molecular weight is 171 g/mol. The van der Waals surface area contributed by atoms with Crippen molar-refractivity contribution < 1.29 is 5.11 Å². The molecule has 0 aromatic rings. The van der Waals surface area contributed by atoms with Crippen LogP contribution in [0.15, 0.2) is 0 Å². The molecule has 0 saturated heterocycles. The van der Waals surface area contributed by atoms with Crippen LogP contribution in [-0.4, -0.2) is 37.4 Å². The Balaban J connectivity index is 2.01. The van der Waals surface area contributed by atoms with Gasteiger partial charge in [0.15, 0.2) is 0 Å². The highest BCUT2D eigenvalue weighted by Crippen LogP contribution is 2.17. The van der Waals surface area contributed by atoms with Crippen LogP contribution in [0.4, 0.5) is 0 Å². The zero-order valence-corrected chi connectivity index (χ0v) is 7.79. The maximum Gasteiger partial charge on any atom is 0.0541 e. The van der Waals surface area contributed by atoms with Crippen LogP contribution in [0.5, 0.6) is 0 Å². The van der Waals surface area contributed by atoms with Gasteiger partial charge in [-0.2, -0.15) is 7.05 Å². The molecule has 0 spiro atoms. The number of aliphatic hydroxyl groups excluding tert-OH is 1. The molecular formula is C9H19N2O-. The molecule has 0 heterocycles. The van der Waals surface area contributed by atoms with Crippen LogP contribution in [0.3, 0.4) is 0 Å². The van der Waals surface area contributed by atoms with Crippen molar-refractivity contribution >= 4 is 0 Å². The Bertz CT molecular complexity index is 111. The van der Waals surface area contributed by atoms with Gasteiger partial charge >= 0.3 is 0 Å². The molecule has 2 N–H and O–H groups in total. The fourth-order valence-corrected chi connectivity index (χ4v) is 1.66. The molecule has 72 valence electrons. The molecule has 0 aromatic heterocycles. The molecule has 1 aliphatic carbocycles. The minimum absolute atomic E-state index is 0.0427. The van der Waals surface area contributed by atoms with E-state index < -0.39 is 0 Å². The third kappa shape index (κ3) is 3.52. The highest BCUT2D eigenvalue weighted by molar-refractivity contribution is 4.79. The molecule has 12 heavy (non-hydrogen) atoms. The van der Waals surface area contributed by atoms with Gasteiger partial charge in [-0.1, -0.05) is 0 Å². The van der Waals surface area contributed by atoms with Crippen molar-refractivity contribution in [3.8, 4) is 0 Å². The third-order valence-corrected chi connectivity index (χ3v) is 2.47. The summed E-state index contributed by atoms with van der Waals surface area (Å²) in [5, 5.41) is 16.7. The molecule has 0 radical (unpaired) electrons. The van der Waals surface area contributed by atoms with Crippen molar-refractivity contribution in [3.05, 3.63) is 5.32 Å². The largest absolute Gasteiger partial charge is 0.664 e. The van der Waals surface area contributed by atoms with Crippen molar-refractivity contribution in [1.82, 2.24) is 5.32 Å². The molecule has 3 nitrogen and oxygen atoms in total. The lowest BCUT2D eigenvalue weighted by Crippen LogP contribution is -2.35. The zero-order valence-electron chi connectivity index (χ0n) is 7.79. The molecule has 1 saturated carbocycles. The Kier molecular flexibility index (Phi) is 4.58. The number of hydrogen-bond acceptors (Lipinski definition) is 2. The van der Waals surface area contributed by atoms with Gasteiger partial charge in [0, 0.05) is 6.04 Å². The molecule has 0 atom stereocenters. The van der Waals surface area contributed by atoms with Crippen LogP contribution >= 0.6 is 0 Å². The van der Waals surface area contributed by atoms with E-state index in [-0.39, 0.29) is 6.10 Å². The van der Waals surface area contributed by atoms with Crippen molar-refractivity contribution in [1.29, 1.82) is 0 Å². The van der Waals surface area contributed by atoms with E-state index in [4.69, 9.17) is 0 Å². The number of nitrogens with zero attached hydrogens (tertiary/aromatic N) is 1. The summed E-state index contributed by atoms with van der Waals surface area (Å²) in [4.78, 5) is 0. The van der Waals surface area contributed by atoms with E-state index in [9.17, 15) is 5.11 Å². The van der Waals surface area contributed by atoms with Gasteiger partial charge in [-0.15, -0.1) is 6.54 Å². The molecule has 1 fully saturated rings. The van der Waals surface area contributed by atoms with Gasteiger partial charge in [-0.05, 0) is 32.2 Å². The molecule has 0 aromatic carbocycles. The Morgan fingerprint density at radius 2 is 2.00 bits per heavy atom. The second kappa shape index (κ2) is 5.51. The third-order valence-electron chi connectivity index (χ3n) is 2.47. The first-order valence-corrected chi connectivity index (χ1v) is 4.80. The lowest BCUT2D eigenvalue weighted by atomic mass is 9.93. The standard InChI is InChI=1S/C9H19N2O/c1-10-6-7-11-8-2-4-9(12)5-3-8/h8-9,11-12H,2-7H2,1H3/q-1. The summed E-state index contributed by atoms with van der Waals surface area (Å²) in [6.45, 7) is 1.89. The quantitative estimate of drug-likeness (QED) is 0.617. The number of hydrogen-bond donors (Lipinski definition) is 2. The van der Waals surface area contributed by atoms with Crippen molar-refractivity contribution in [3.63, 3.8) is 0 Å². The van der Waals surface area contributed by atoms with Crippen LogP contribution in [0.1, 0.15) is 25.7 Å². The topological polar surface area (TPSA) is 46.4 Å². The van der Waals surface area contributed by atoms with Gasteiger partial charge in [-0.3, -0.25) is 0 Å². The highest BCUT2D eigenvalue weighted by Gasteiger charge is 2.17. The molecule has 0 aliphatic heterocycles. The number of likely N-dealkylation sites (N-methyl/N-ethyl adjacent to an activating group) is 1. The van der Waals surface area contributed by atoms with Crippen molar-refractivity contribution in [2.75, 3.05) is 20.1 Å². The zero-order chi connectivity index (χ0) is 8.81. The summed E-state index contributed by atoms with van der Waals surface area (Å²) in [6.07, 6.45) is 4.11. The number of nitrogens with one attached hydrogen (secondary N) is 1. The molecule has 0 bridgehead atoms. The second-order valence-corrected chi connectivity index (χ2v) is 3.50. The van der Waals surface area contributed by atoms with E-state index in [0.717, 1.165) is 38.8 Å². The van der Waals surface area contributed by atoms with Crippen LogP contribution in [-0.2, 0) is 0 Å². The van der Waals surface area contributed by atoms with Crippen molar-refractivity contribution in [2.45, 2.75) is 37.8 Å². The monoisotopic (exact) mass is 171 g/mol. The maximum atomic E-state index is 9.25. The lowest BCUT2D eigenvalue weighted by molar-refractivity contribution is 0.117. The highest BCUT2D eigenvalue weighted by atomic mass is 16.3. The minimum atomic E-state index is -0.0427. The predicted octanol–water partition coefficient (Wildman–Crippen LogP) is 0.883. The fraction of sp³-hybridized carbons (Fsp3) is 1.00. The summed E-state index contributed by atoms with van der Waals surface area (Å²) in [5.74, 6) is 0. The summed E-state index contributed by atoms with van der Waals surface area (Å²) in [7, 11) is 1.84. The normalized spacial score (nSPS) is 30.5. The van der Waals surface area contributed by atoms with Crippen LogP contribution in [0.25, 0.3) is 5.32 Å². The molecule has 1 rings (SSSR count). The van der Waals surface area contributed by atoms with Gasteiger partial charge in [-0.25, -0.2) is 0 Å². The van der Waals surface area contributed by atoms with E-state index >= 15 is 0 Å². The molecule has 1 aliphatic rings. The van der Waals surface area contributed by atoms with Gasteiger partial charge < -0.3 is 15.7 Å². The molecular weight excluding hydrogens is 152 g/mol. The summed E-state index contributed by atoms with van der Waals surface area (Å²) < 4.78 is 0. The average Bonchev–Trinajstić information content (AvgIpc) is 2.09. The SMILES string of the molecule is C[N-]CCNC1CCC(O)CC1. The summed E-state index contributed by atoms with van der Waals surface area (Å²) in [5.41, 5.74) is 0. The Morgan fingerprint density at radius 1 is 1.33 bits per heavy atom. The van der Waals surface area contributed by atoms with Crippen LogP contribution in [0, 0.1) is 0 Å². The van der Waals surface area contributed by atoms with Gasteiger partial charge in [0.05, 0.1) is 6.10 Å². The first kappa shape index (κ1) is 9.96. The van der Waals surface area contributed by atoms with E-state index in [1.165, 1.54) is 0 Å². The Morgan fingerprint density at radius 3 is 2.58 bits per heavy atom. The first-order chi connectivity index (χ1) is 5.83. The number of rotatable bonds is 4. The van der Waals surface area contributed by atoms with E-state index in [0.29, 0.717) is 6.04 Å². The minimum Gasteiger partial charge on any atom is -0.664 e. The van der Waals surface area contributed by atoms with Gasteiger partial charge in [0.2, 0.25) is 0 Å². The first-order valence-electron chi connectivity index (χ1n) is 4.80. The summed E-state index contributed by atoms with van der Waals surface area (Å²) in [6, 6.07) is 0.621. The second-order valence-electron chi connectivity index (χ2n) is 3.50. The van der Waals surface area contributed by atoms with Gasteiger partial charge in [0.25, 0.3) is 0 Å². The van der Waals surface area contributed by atoms with E-state index in [1.807, 2.05) is 7.05 Å². The van der Waals surface area contributed by atoms with Gasteiger partial charge in [0.1, 0.15) is 0 Å². The molecule has 0 unspecified atom stereocenters. The lowest BCUT2D eigenvalue weighted by Gasteiger charge is -2.27. The smallest absolute Gasteiger partial charge is 0.0541 e. The molecule has 0 amide bonds. The van der Waals surface area contributed by atoms with E-state index in [2.05, 4.69) is 10.6 Å². The summed E-state index contributed by atoms with van der Waals surface area (Å²) >= 11 is 0. The maximum absolute atomic E-state index is 9.25. The predicted molar refractivity (Wildman–Crippen MR) is 50.4 cm³/mol. The Hall–Kier alpha value is -0.120. The van der Waals surface area contributed by atoms with E-state index in [1.54, 1.807) is 0 Å². The Labute approximate surface area is 74.5 Å². The van der Waals surface area contributed by atoms with Crippen LogP contribution in [0.2, 0.25) is 0 Å².